The molecule has 0 radical (unpaired) electrons. The molecule has 49 heavy (non-hydrogen) atoms. The lowest BCUT2D eigenvalue weighted by molar-refractivity contribution is -0.0500. The zero-order chi connectivity index (χ0) is 36.1. The fraction of sp³-hybridized carbons (Fsp3) is 0.433. The number of alkyl halides is 3. The van der Waals surface area contributed by atoms with Crippen LogP contribution in [0.1, 0.15) is 26.5 Å². The predicted molar refractivity (Wildman–Crippen MR) is 174 cm³/mol. The van der Waals surface area contributed by atoms with E-state index in [2.05, 4.69) is 14.3 Å². The maximum absolute atomic E-state index is 16.0. The van der Waals surface area contributed by atoms with Crippen molar-refractivity contribution in [1.29, 1.82) is 0 Å². The zero-order valence-electron chi connectivity index (χ0n) is 27.0. The van der Waals surface area contributed by atoms with Crippen molar-refractivity contribution in [3.63, 3.8) is 0 Å². The summed E-state index contributed by atoms with van der Waals surface area (Å²) in [5.74, 6) is -3.25. The lowest BCUT2D eigenvalue weighted by atomic mass is 9.98. The Balaban J connectivity index is 1.67. The highest BCUT2D eigenvalue weighted by Gasteiger charge is 2.49. The summed E-state index contributed by atoms with van der Waals surface area (Å²) < 4.78 is 113. The second-order valence-corrected chi connectivity index (χ2v) is 20.0. The molecule has 0 bridgehead atoms. The molecule has 0 saturated heterocycles. The van der Waals surface area contributed by atoms with Gasteiger partial charge in [-0.3, -0.25) is 4.68 Å². The molecule has 0 atom stereocenters. The summed E-state index contributed by atoms with van der Waals surface area (Å²) >= 11 is 0.925. The molecule has 19 heteroatoms. The Kier molecular flexibility index (Phi) is 9.78. The number of benzene rings is 1. The molecular formula is C30H33F5N4O7S2Si. The molecule has 1 amide bonds. The molecule has 1 aromatic carbocycles. The summed E-state index contributed by atoms with van der Waals surface area (Å²) in [6, 6.07) is 4.32. The Hall–Kier alpha value is -3.81. The van der Waals surface area contributed by atoms with Gasteiger partial charge in [0.15, 0.2) is 8.32 Å². The number of pyridine rings is 1. The van der Waals surface area contributed by atoms with Crippen molar-refractivity contribution in [2.24, 2.45) is 0 Å². The molecule has 1 aliphatic rings. The van der Waals surface area contributed by atoms with Crippen molar-refractivity contribution < 1.29 is 53.6 Å². The van der Waals surface area contributed by atoms with E-state index in [1.807, 2.05) is 33.9 Å². The van der Waals surface area contributed by atoms with Crippen LogP contribution in [0.25, 0.3) is 32.6 Å². The summed E-state index contributed by atoms with van der Waals surface area (Å²) in [6.07, 6.45) is -0.922. The molecule has 11 nitrogen and oxygen atoms in total. The third-order valence-corrected chi connectivity index (χ3v) is 14.9. The number of aromatic nitrogens is 3. The molecule has 1 N–H and O–H groups in total. The average molecular weight is 749 g/mol. The Labute approximate surface area is 283 Å². The van der Waals surface area contributed by atoms with Crippen LogP contribution in [-0.2, 0) is 27.5 Å². The molecule has 0 saturated carbocycles. The van der Waals surface area contributed by atoms with Gasteiger partial charge < -0.3 is 23.4 Å². The summed E-state index contributed by atoms with van der Waals surface area (Å²) in [4.78, 5) is 16.9. The maximum atomic E-state index is 16.0. The molecule has 0 aliphatic carbocycles. The van der Waals surface area contributed by atoms with E-state index in [4.69, 9.17) is 9.16 Å². The van der Waals surface area contributed by atoms with E-state index in [9.17, 15) is 35.9 Å². The van der Waals surface area contributed by atoms with Crippen molar-refractivity contribution in [2.45, 2.75) is 57.4 Å². The Morgan fingerprint density at radius 3 is 2.43 bits per heavy atom. The van der Waals surface area contributed by atoms with Crippen LogP contribution in [-0.4, -0.2) is 79.4 Å². The molecule has 4 aromatic rings. The van der Waals surface area contributed by atoms with Crippen molar-refractivity contribution in [3.8, 4) is 34.1 Å². The summed E-state index contributed by atoms with van der Waals surface area (Å²) in [7, 11) is -8.39. The van der Waals surface area contributed by atoms with Crippen molar-refractivity contribution in [2.75, 3.05) is 26.3 Å². The van der Waals surface area contributed by atoms with Crippen LogP contribution in [0, 0.1) is 11.6 Å². The second kappa shape index (κ2) is 13.1. The number of amides is 1. The van der Waals surface area contributed by atoms with Gasteiger partial charge in [0.1, 0.15) is 35.4 Å². The van der Waals surface area contributed by atoms with E-state index in [1.165, 1.54) is 27.1 Å². The smallest absolute Gasteiger partial charge is 0.490 e. The fourth-order valence-corrected chi connectivity index (χ4v) is 7.33. The monoisotopic (exact) mass is 748 g/mol. The lowest BCUT2D eigenvalue weighted by Gasteiger charge is -2.36. The minimum atomic E-state index is -6.18. The first kappa shape index (κ1) is 36.5. The largest absolute Gasteiger partial charge is 0.534 e. The highest BCUT2D eigenvalue weighted by Crippen LogP contribution is 2.47. The van der Waals surface area contributed by atoms with E-state index in [0.717, 1.165) is 17.4 Å². The fourth-order valence-electron chi connectivity index (χ4n) is 4.93. The van der Waals surface area contributed by atoms with E-state index in [-0.39, 0.29) is 82.7 Å². The Morgan fingerprint density at radius 1 is 1.06 bits per heavy atom. The molecule has 266 valence electrons. The molecular weight excluding hydrogens is 716 g/mol. The molecule has 4 heterocycles. The van der Waals surface area contributed by atoms with Gasteiger partial charge in [-0.2, -0.15) is 26.7 Å². The topological polar surface area (TPSA) is 133 Å². The number of hydrogen-bond acceptors (Lipinski definition) is 9. The third-order valence-electron chi connectivity index (χ3n) is 8.52. The van der Waals surface area contributed by atoms with Crippen LogP contribution in [0.2, 0.25) is 18.1 Å². The number of nitrogens with zero attached hydrogens (tertiary/aromatic N) is 4. The SMILES string of the molecule is CC(C)(C)[Si](C)(C)OCCOc1cc(F)cc(F)c1-c1c(-c2cc3n(n2)CCN(C(=O)O)CC3)nc(OS(=O)(=O)C(F)(F)F)c2ccsc12. The van der Waals surface area contributed by atoms with Crippen LogP contribution < -0.4 is 8.92 Å². The highest BCUT2D eigenvalue weighted by atomic mass is 32.2. The van der Waals surface area contributed by atoms with E-state index < -0.39 is 47.6 Å². The van der Waals surface area contributed by atoms with Gasteiger partial charge in [-0.15, -0.1) is 11.3 Å². The maximum Gasteiger partial charge on any atom is 0.534 e. The molecule has 0 unspecified atom stereocenters. The molecule has 1 aliphatic heterocycles. The molecule has 0 spiro atoms. The first-order valence-corrected chi connectivity index (χ1v) is 20.1. The summed E-state index contributed by atoms with van der Waals surface area (Å²) in [5.41, 5.74) is -5.88. The average Bonchev–Trinajstić information content (AvgIpc) is 3.57. The van der Waals surface area contributed by atoms with Crippen molar-refractivity contribution >= 4 is 46.0 Å². The number of fused-ring (bicyclic) bond motifs is 2. The van der Waals surface area contributed by atoms with Gasteiger partial charge >= 0.3 is 21.7 Å². The van der Waals surface area contributed by atoms with Crippen molar-refractivity contribution in [1.82, 2.24) is 19.7 Å². The van der Waals surface area contributed by atoms with Gasteiger partial charge in [-0.1, -0.05) is 20.8 Å². The van der Waals surface area contributed by atoms with E-state index in [1.54, 1.807) is 0 Å². The zero-order valence-corrected chi connectivity index (χ0v) is 29.7. The third kappa shape index (κ3) is 7.39. The normalized spacial score (nSPS) is 14.5. The summed E-state index contributed by atoms with van der Waals surface area (Å²) in [6.45, 7) is 10.5. The number of carbonyl (C=O) groups is 1. The predicted octanol–water partition coefficient (Wildman–Crippen LogP) is 7.27. The minimum absolute atomic E-state index is 0.00531. The highest BCUT2D eigenvalue weighted by molar-refractivity contribution is 7.88. The van der Waals surface area contributed by atoms with E-state index in [0.29, 0.717) is 11.8 Å². The molecule has 0 fully saturated rings. The Morgan fingerprint density at radius 2 is 1.78 bits per heavy atom. The number of carboxylic acid groups (broad SMARTS) is 1. The number of thiophene rings is 1. The van der Waals surface area contributed by atoms with Crippen LogP contribution >= 0.6 is 11.3 Å². The minimum Gasteiger partial charge on any atom is -0.490 e. The van der Waals surface area contributed by atoms with Crippen LogP contribution in [0.3, 0.4) is 0 Å². The number of hydrogen-bond donors (Lipinski definition) is 1. The van der Waals surface area contributed by atoms with Gasteiger partial charge in [0, 0.05) is 42.9 Å². The number of rotatable bonds is 9. The molecule has 3 aromatic heterocycles. The van der Waals surface area contributed by atoms with Crippen LogP contribution in [0.4, 0.5) is 26.7 Å². The lowest BCUT2D eigenvalue weighted by Crippen LogP contribution is -2.41. The number of ether oxygens (including phenoxy) is 1. The van der Waals surface area contributed by atoms with Gasteiger partial charge in [0.25, 0.3) is 0 Å². The quantitative estimate of drug-likeness (QED) is 0.0617. The Bertz CT molecular complexity index is 1980. The second-order valence-electron chi connectivity index (χ2n) is 12.8. The van der Waals surface area contributed by atoms with Gasteiger partial charge in [-0.25, -0.2) is 18.6 Å². The van der Waals surface area contributed by atoms with Crippen LogP contribution in [0.15, 0.2) is 29.6 Å². The number of halogens is 5. The van der Waals surface area contributed by atoms with Gasteiger partial charge in [0.05, 0.1) is 28.8 Å². The molecule has 5 rings (SSSR count). The van der Waals surface area contributed by atoms with Gasteiger partial charge in [0.2, 0.25) is 5.88 Å². The van der Waals surface area contributed by atoms with E-state index >= 15 is 4.39 Å². The standard InChI is InChI=1S/C30H33F5N4O7S2Si/c1-29(2,3)49(4,5)45-12-11-44-22-15-17(31)14-20(32)23(22)24-25(21-16-18-6-8-38(28(40)41)9-10-39(18)37-21)36-27(19-7-13-47-26(19)24)46-48(42,43)30(33,34)35/h7,13-16H,6,8-12H2,1-5H3,(H,40,41). The first-order valence-electron chi connectivity index (χ1n) is 14.9. The van der Waals surface area contributed by atoms with Crippen molar-refractivity contribution in [3.05, 3.63) is 47.0 Å². The van der Waals surface area contributed by atoms with Gasteiger partial charge in [-0.05, 0) is 35.6 Å². The van der Waals surface area contributed by atoms with Crippen LogP contribution in [0.5, 0.6) is 11.6 Å². The first-order chi connectivity index (χ1) is 22.7. The summed E-state index contributed by atoms with van der Waals surface area (Å²) in [5, 5.41) is 15.0.